The minimum absolute atomic E-state index is 0.214. The molecule has 1 saturated carbocycles. The van der Waals surface area contributed by atoms with Crippen molar-refractivity contribution in [2.24, 2.45) is 0 Å². The molecule has 7 nitrogen and oxygen atoms in total. The van der Waals surface area contributed by atoms with E-state index in [1.54, 1.807) is 6.92 Å². The predicted molar refractivity (Wildman–Crippen MR) is 81.0 cm³/mol. The van der Waals surface area contributed by atoms with Crippen molar-refractivity contribution in [2.75, 3.05) is 5.32 Å². The molecule has 0 spiro atoms. The van der Waals surface area contributed by atoms with Gasteiger partial charge in [-0.25, -0.2) is 4.98 Å². The quantitative estimate of drug-likeness (QED) is 0.775. The number of carbonyl (C=O) groups is 1. The van der Waals surface area contributed by atoms with Crippen LogP contribution in [0.2, 0.25) is 0 Å². The summed E-state index contributed by atoms with van der Waals surface area (Å²) in [6.45, 7) is 3.73. The zero-order valence-electron chi connectivity index (χ0n) is 12.4. The highest BCUT2D eigenvalue weighted by atomic mass is 16.1. The molecule has 112 valence electrons. The first-order chi connectivity index (χ1) is 10.6. The summed E-state index contributed by atoms with van der Waals surface area (Å²) >= 11 is 0. The van der Waals surface area contributed by atoms with E-state index in [-0.39, 0.29) is 11.9 Å². The molecule has 0 aliphatic heterocycles. The highest BCUT2D eigenvalue weighted by Gasteiger charge is 2.29. The summed E-state index contributed by atoms with van der Waals surface area (Å²) in [5, 5.41) is 9.35. The molecule has 7 heteroatoms. The number of imidazole rings is 1. The molecule has 0 aromatic carbocycles. The standard InChI is InChI=1S/C15H16N6O/c1-8-12(14(22)18-15-17-9(2)19-20-15)6-5-11-7-16-13(21(8)11)10-3-4-10/h5-7,10H,3-4H2,1-2H3,(H2,17,18,19,20,22). The lowest BCUT2D eigenvalue weighted by molar-refractivity contribution is 0.102. The van der Waals surface area contributed by atoms with Gasteiger partial charge in [0.15, 0.2) is 0 Å². The maximum Gasteiger partial charge on any atom is 0.259 e. The first-order valence-electron chi connectivity index (χ1n) is 7.31. The van der Waals surface area contributed by atoms with Crippen LogP contribution in [-0.2, 0) is 0 Å². The van der Waals surface area contributed by atoms with E-state index in [4.69, 9.17) is 0 Å². The maximum atomic E-state index is 12.5. The number of hydrogen-bond donors (Lipinski definition) is 2. The fourth-order valence-electron chi connectivity index (χ4n) is 2.71. The zero-order valence-corrected chi connectivity index (χ0v) is 12.4. The third kappa shape index (κ3) is 2.05. The Balaban J connectivity index is 1.73. The fraction of sp³-hybridized carbons (Fsp3) is 0.333. The lowest BCUT2D eigenvalue weighted by atomic mass is 10.1. The van der Waals surface area contributed by atoms with Crippen LogP contribution in [-0.4, -0.2) is 30.5 Å². The predicted octanol–water partition coefficient (Wildman–Crippen LogP) is 2.20. The highest BCUT2D eigenvalue weighted by Crippen LogP contribution is 2.39. The Morgan fingerprint density at radius 1 is 1.36 bits per heavy atom. The van der Waals surface area contributed by atoms with Gasteiger partial charge in [0, 0.05) is 11.6 Å². The van der Waals surface area contributed by atoms with Crippen molar-refractivity contribution in [1.82, 2.24) is 24.6 Å². The molecule has 22 heavy (non-hydrogen) atoms. The molecule has 1 amide bonds. The molecule has 3 aromatic rings. The second kappa shape index (κ2) is 4.66. The Labute approximate surface area is 126 Å². The Kier molecular flexibility index (Phi) is 2.75. The van der Waals surface area contributed by atoms with E-state index >= 15 is 0 Å². The number of nitrogens with one attached hydrogen (secondary N) is 2. The normalized spacial score (nSPS) is 14.5. The number of aromatic nitrogens is 5. The van der Waals surface area contributed by atoms with E-state index in [2.05, 4.69) is 29.9 Å². The fourth-order valence-corrected chi connectivity index (χ4v) is 2.71. The summed E-state index contributed by atoms with van der Waals surface area (Å²) in [5.41, 5.74) is 2.51. The molecule has 4 rings (SSSR count). The van der Waals surface area contributed by atoms with Crippen LogP contribution >= 0.6 is 0 Å². The Morgan fingerprint density at radius 2 is 2.18 bits per heavy atom. The molecular weight excluding hydrogens is 280 g/mol. The van der Waals surface area contributed by atoms with Crippen molar-refractivity contribution in [1.29, 1.82) is 0 Å². The molecule has 0 bridgehead atoms. The molecular formula is C15H16N6O. The van der Waals surface area contributed by atoms with E-state index in [1.165, 1.54) is 12.8 Å². The van der Waals surface area contributed by atoms with Crippen LogP contribution in [0.4, 0.5) is 5.95 Å². The van der Waals surface area contributed by atoms with Gasteiger partial charge in [-0.3, -0.25) is 19.6 Å². The minimum atomic E-state index is -0.214. The minimum Gasteiger partial charge on any atom is -0.300 e. The summed E-state index contributed by atoms with van der Waals surface area (Å²) in [7, 11) is 0. The largest absolute Gasteiger partial charge is 0.300 e. The summed E-state index contributed by atoms with van der Waals surface area (Å²) in [6.07, 6.45) is 4.21. The van der Waals surface area contributed by atoms with Crippen molar-refractivity contribution < 1.29 is 4.79 Å². The van der Waals surface area contributed by atoms with Crippen LogP contribution in [0.5, 0.6) is 0 Å². The van der Waals surface area contributed by atoms with Crippen LogP contribution in [0.15, 0.2) is 18.3 Å². The van der Waals surface area contributed by atoms with Crippen molar-refractivity contribution in [3.05, 3.63) is 41.2 Å². The van der Waals surface area contributed by atoms with Gasteiger partial charge in [-0.15, -0.1) is 5.10 Å². The number of pyridine rings is 1. The zero-order chi connectivity index (χ0) is 15.3. The number of amides is 1. The molecule has 2 N–H and O–H groups in total. The molecule has 0 saturated heterocycles. The average molecular weight is 296 g/mol. The van der Waals surface area contributed by atoms with Crippen LogP contribution in [0.1, 0.15) is 46.5 Å². The molecule has 0 radical (unpaired) electrons. The van der Waals surface area contributed by atoms with Crippen LogP contribution < -0.4 is 5.32 Å². The number of aryl methyl sites for hydroxylation is 2. The second-order valence-electron chi connectivity index (χ2n) is 5.68. The third-order valence-electron chi connectivity index (χ3n) is 3.97. The van der Waals surface area contributed by atoms with Gasteiger partial charge in [-0.05, 0) is 38.8 Å². The SMILES string of the molecule is Cc1nc(NC(=O)c2ccc3cnc(C4CC4)n3c2C)n[nH]1. The van der Waals surface area contributed by atoms with Gasteiger partial charge < -0.3 is 0 Å². The molecule has 0 unspecified atom stereocenters. The summed E-state index contributed by atoms with van der Waals surface area (Å²) in [4.78, 5) is 21.1. The molecule has 0 atom stereocenters. The van der Waals surface area contributed by atoms with Gasteiger partial charge in [0.25, 0.3) is 5.91 Å². The van der Waals surface area contributed by atoms with E-state index in [0.717, 1.165) is 17.0 Å². The van der Waals surface area contributed by atoms with Crippen LogP contribution in [0, 0.1) is 13.8 Å². The number of nitrogens with zero attached hydrogens (tertiary/aromatic N) is 4. The Bertz CT molecular complexity index is 873. The summed E-state index contributed by atoms with van der Waals surface area (Å²) < 4.78 is 2.08. The first-order valence-corrected chi connectivity index (χ1v) is 7.31. The van der Waals surface area contributed by atoms with Crippen LogP contribution in [0.3, 0.4) is 0 Å². The van der Waals surface area contributed by atoms with Gasteiger partial charge in [0.05, 0.1) is 17.3 Å². The van der Waals surface area contributed by atoms with E-state index in [0.29, 0.717) is 17.3 Å². The third-order valence-corrected chi connectivity index (χ3v) is 3.97. The molecule has 1 fully saturated rings. The van der Waals surface area contributed by atoms with E-state index in [1.807, 2.05) is 25.3 Å². The van der Waals surface area contributed by atoms with Gasteiger partial charge >= 0.3 is 0 Å². The van der Waals surface area contributed by atoms with E-state index in [9.17, 15) is 4.79 Å². The van der Waals surface area contributed by atoms with Crippen LogP contribution in [0.25, 0.3) is 5.52 Å². The lowest BCUT2D eigenvalue weighted by Gasteiger charge is -2.10. The monoisotopic (exact) mass is 296 g/mol. The Hall–Kier alpha value is -2.70. The van der Waals surface area contributed by atoms with Gasteiger partial charge in [0.1, 0.15) is 11.6 Å². The van der Waals surface area contributed by atoms with Crippen molar-refractivity contribution in [3.63, 3.8) is 0 Å². The smallest absolute Gasteiger partial charge is 0.259 e. The molecule has 1 aliphatic rings. The average Bonchev–Trinajstić information content (AvgIpc) is 3.11. The number of H-pyrrole nitrogens is 1. The second-order valence-corrected chi connectivity index (χ2v) is 5.68. The highest BCUT2D eigenvalue weighted by molar-refractivity contribution is 6.04. The van der Waals surface area contributed by atoms with Gasteiger partial charge in [0.2, 0.25) is 5.95 Å². The molecule has 3 aromatic heterocycles. The lowest BCUT2D eigenvalue weighted by Crippen LogP contribution is -2.16. The number of hydrogen-bond acceptors (Lipinski definition) is 4. The topological polar surface area (TPSA) is 88.0 Å². The van der Waals surface area contributed by atoms with Gasteiger partial charge in [-0.1, -0.05) is 0 Å². The molecule has 1 aliphatic carbocycles. The maximum absolute atomic E-state index is 12.5. The number of carbonyl (C=O) groups excluding carboxylic acids is 1. The summed E-state index contributed by atoms with van der Waals surface area (Å²) in [6, 6.07) is 3.74. The van der Waals surface area contributed by atoms with Crippen molar-refractivity contribution in [3.8, 4) is 0 Å². The first kappa shape index (κ1) is 13.0. The Morgan fingerprint density at radius 3 is 2.86 bits per heavy atom. The van der Waals surface area contributed by atoms with Gasteiger partial charge in [-0.2, -0.15) is 4.98 Å². The number of aromatic amines is 1. The summed E-state index contributed by atoms with van der Waals surface area (Å²) in [5.74, 6) is 2.31. The number of rotatable bonds is 3. The number of anilines is 1. The van der Waals surface area contributed by atoms with Crippen molar-refractivity contribution in [2.45, 2.75) is 32.6 Å². The van der Waals surface area contributed by atoms with Crippen molar-refractivity contribution >= 4 is 17.4 Å². The number of fused-ring (bicyclic) bond motifs is 1. The van der Waals surface area contributed by atoms with E-state index < -0.39 is 0 Å². The molecule has 3 heterocycles.